The number of para-hydroxylation sites is 1. The van der Waals surface area contributed by atoms with Crippen molar-refractivity contribution in [3.05, 3.63) is 29.8 Å². The van der Waals surface area contributed by atoms with Crippen LogP contribution in [-0.4, -0.2) is 68.2 Å². The fourth-order valence-corrected chi connectivity index (χ4v) is 4.29. The lowest BCUT2D eigenvalue weighted by Gasteiger charge is -2.41. The third-order valence-electron chi connectivity index (χ3n) is 6.08. The Labute approximate surface area is 173 Å². The Morgan fingerprint density at radius 3 is 2.62 bits per heavy atom. The zero-order chi connectivity index (χ0) is 20.6. The third-order valence-corrected chi connectivity index (χ3v) is 6.08. The summed E-state index contributed by atoms with van der Waals surface area (Å²) >= 11 is 0. The number of urea groups is 1. The van der Waals surface area contributed by atoms with Gasteiger partial charge >= 0.3 is 6.03 Å². The maximum atomic E-state index is 12.8. The molecule has 0 aliphatic carbocycles. The first-order valence-corrected chi connectivity index (χ1v) is 10.6. The first-order valence-electron chi connectivity index (χ1n) is 10.6. The van der Waals surface area contributed by atoms with Crippen LogP contribution in [0.3, 0.4) is 0 Å². The van der Waals surface area contributed by atoms with Crippen molar-refractivity contribution < 1.29 is 19.1 Å². The van der Waals surface area contributed by atoms with Crippen molar-refractivity contribution >= 4 is 11.9 Å². The van der Waals surface area contributed by atoms with Gasteiger partial charge in [-0.05, 0) is 24.3 Å². The van der Waals surface area contributed by atoms with Crippen molar-refractivity contribution in [3.8, 4) is 5.75 Å². The van der Waals surface area contributed by atoms with E-state index in [0.29, 0.717) is 51.1 Å². The lowest BCUT2D eigenvalue weighted by atomic mass is 9.81. The molecule has 0 aromatic heterocycles. The van der Waals surface area contributed by atoms with Crippen molar-refractivity contribution in [3.63, 3.8) is 0 Å². The Morgan fingerprint density at radius 1 is 1.14 bits per heavy atom. The molecule has 0 spiro atoms. The molecule has 0 bridgehead atoms. The van der Waals surface area contributed by atoms with Gasteiger partial charge in [0, 0.05) is 44.7 Å². The SMILES string of the molecule is CC[C@@H]1CN(C(=O)N2CCOCC2)CC[C@H]1CC(=O)NCc1ccccc1OC. The maximum absolute atomic E-state index is 12.8. The second-order valence-corrected chi connectivity index (χ2v) is 7.84. The van der Waals surface area contributed by atoms with E-state index >= 15 is 0 Å². The van der Waals surface area contributed by atoms with E-state index in [0.717, 1.165) is 37.2 Å². The number of nitrogens with one attached hydrogen (secondary N) is 1. The number of amides is 3. The van der Waals surface area contributed by atoms with Gasteiger partial charge in [-0.25, -0.2) is 4.79 Å². The minimum atomic E-state index is 0.0623. The highest BCUT2D eigenvalue weighted by Crippen LogP contribution is 2.29. The fourth-order valence-electron chi connectivity index (χ4n) is 4.29. The minimum Gasteiger partial charge on any atom is -0.496 e. The number of likely N-dealkylation sites (tertiary alicyclic amines) is 1. The Morgan fingerprint density at radius 2 is 1.90 bits per heavy atom. The van der Waals surface area contributed by atoms with E-state index < -0.39 is 0 Å². The lowest BCUT2D eigenvalue weighted by molar-refractivity contribution is -0.123. The van der Waals surface area contributed by atoms with Gasteiger partial charge in [0.2, 0.25) is 5.91 Å². The molecule has 160 valence electrons. The number of methoxy groups -OCH3 is 1. The summed E-state index contributed by atoms with van der Waals surface area (Å²) in [6.07, 6.45) is 2.35. The Kier molecular flexibility index (Phi) is 7.75. The van der Waals surface area contributed by atoms with Crippen LogP contribution in [0, 0.1) is 11.8 Å². The summed E-state index contributed by atoms with van der Waals surface area (Å²) in [5.41, 5.74) is 0.973. The Hall–Kier alpha value is -2.28. The first kappa shape index (κ1) is 21.4. The smallest absolute Gasteiger partial charge is 0.320 e. The molecule has 1 N–H and O–H groups in total. The quantitative estimate of drug-likeness (QED) is 0.792. The highest BCUT2D eigenvalue weighted by molar-refractivity contribution is 5.77. The van der Waals surface area contributed by atoms with Gasteiger partial charge in [-0.3, -0.25) is 4.79 Å². The van der Waals surface area contributed by atoms with Crippen LogP contribution < -0.4 is 10.1 Å². The average Bonchev–Trinajstić information content (AvgIpc) is 2.78. The predicted octanol–water partition coefficient (Wildman–Crippen LogP) is 2.50. The van der Waals surface area contributed by atoms with E-state index in [9.17, 15) is 9.59 Å². The molecule has 1 aromatic rings. The second kappa shape index (κ2) is 10.5. The number of hydrogen-bond donors (Lipinski definition) is 1. The van der Waals surface area contributed by atoms with Crippen LogP contribution in [0.2, 0.25) is 0 Å². The monoisotopic (exact) mass is 403 g/mol. The van der Waals surface area contributed by atoms with Crippen molar-refractivity contribution in [2.75, 3.05) is 46.5 Å². The van der Waals surface area contributed by atoms with Gasteiger partial charge in [-0.1, -0.05) is 31.5 Å². The summed E-state index contributed by atoms with van der Waals surface area (Å²) < 4.78 is 10.7. The van der Waals surface area contributed by atoms with E-state index in [-0.39, 0.29) is 11.9 Å². The summed E-state index contributed by atoms with van der Waals surface area (Å²) in [7, 11) is 1.64. The number of ether oxygens (including phenoxy) is 2. The van der Waals surface area contributed by atoms with Gasteiger partial charge in [0.1, 0.15) is 5.75 Å². The van der Waals surface area contributed by atoms with Crippen molar-refractivity contribution in [2.24, 2.45) is 11.8 Å². The first-order chi connectivity index (χ1) is 14.1. The molecule has 2 aliphatic rings. The summed E-state index contributed by atoms with van der Waals surface area (Å²) in [5.74, 6) is 1.51. The molecule has 3 amide bonds. The standard InChI is InChI=1S/C22H33N3O4/c1-3-17-16-25(22(27)24-10-12-29-13-11-24)9-8-18(17)14-21(26)23-15-19-6-4-5-7-20(19)28-2/h4-7,17-18H,3,8-16H2,1-2H3,(H,23,26)/t17-,18+/m1/s1. The molecule has 0 saturated carbocycles. The maximum Gasteiger partial charge on any atom is 0.320 e. The Balaban J connectivity index is 1.49. The average molecular weight is 404 g/mol. The van der Waals surface area contributed by atoms with Crippen LogP contribution in [0.4, 0.5) is 4.79 Å². The largest absolute Gasteiger partial charge is 0.496 e. The molecule has 2 aliphatic heterocycles. The van der Waals surface area contributed by atoms with Crippen molar-refractivity contribution in [2.45, 2.75) is 32.7 Å². The van der Waals surface area contributed by atoms with Crippen molar-refractivity contribution in [1.29, 1.82) is 0 Å². The van der Waals surface area contributed by atoms with Gasteiger partial charge in [0.15, 0.2) is 0 Å². The number of carbonyl (C=O) groups is 2. The van der Waals surface area contributed by atoms with Gasteiger partial charge in [0.25, 0.3) is 0 Å². The zero-order valence-electron chi connectivity index (χ0n) is 17.6. The van der Waals surface area contributed by atoms with E-state index in [2.05, 4.69) is 12.2 Å². The van der Waals surface area contributed by atoms with Gasteiger partial charge in [-0.2, -0.15) is 0 Å². The van der Waals surface area contributed by atoms with E-state index in [1.165, 1.54) is 0 Å². The van der Waals surface area contributed by atoms with E-state index in [4.69, 9.17) is 9.47 Å². The summed E-state index contributed by atoms with van der Waals surface area (Å²) in [6.45, 7) is 6.63. The van der Waals surface area contributed by atoms with Crippen LogP contribution in [0.1, 0.15) is 31.7 Å². The number of hydrogen-bond acceptors (Lipinski definition) is 4. The van der Waals surface area contributed by atoms with E-state index in [1.54, 1.807) is 7.11 Å². The molecule has 3 rings (SSSR count). The van der Waals surface area contributed by atoms with Gasteiger partial charge < -0.3 is 24.6 Å². The molecule has 0 radical (unpaired) electrons. The normalized spacial score (nSPS) is 22.3. The number of carbonyl (C=O) groups excluding carboxylic acids is 2. The molecule has 2 fully saturated rings. The van der Waals surface area contributed by atoms with E-state index in [1.807, 2.05) is 34.1 Å². The number of piperidine rings is 1. The predicted molar refractivity (Wildman–Crippen MR) is 111 cm³/mol. The molecular weight excluding hydrogens is 370 g/mol. The van der Waals surface area contributed by atoms with Crippen LogP contribution in [0.25, 0.3) is 0 Å². The summed E-state index contributed by atoms with van der Waals surface area (Å²) in [4.78, 5) is 29.2. The highest BCUT2D eigenvalue weighted by atomic mass is 16.5. The molecule has 0 unspecified atom stereocenters. The number of morpholine rings is 1. The zero-order valence-corrected chi connectivity index (χ0v) is 17.6. The Bertz CT molecular complexity index is 690. The van der Waals surface area contributed by atoms with Crippen LogP contribution >= 0.6 is 0 Å². The topological polar surface area (TPSA) is 71.1 Å². The van der Waals surface area contributed by atoms with Crippen molar-refractivity contribution in [1.82, 2.24) is 15.1 Å². The molecule has 2 atom stereocenters. The lowest BCUT2D eigenvalue weighted by Crippen LogP contribution is -2.52. The summed E-state index contributed by atoms with van der Waals surface area (Å²) in [6, 6.07) is 7.84. The molecule has 7 heteroatoms. The highest BCUT2D eigenvalue weighted by Gasteiger charge is 2.33. The number of rotatable bonds is 6. The van der Waals surface area contributed by atoms with Gasteiger partial charge in [0.05, 0.1) is 20.3 Å². The molecule has 2 saturated heterocycles. The number of nitrogens with zero attached hydrogens (tertiary/aromatic N) is 2. The minimum absolute atomic E-state index is 0.0623. The van der Waals surface area contributed by atoms with Crippen LogP contribution in [0.5, 0.6) is 5.75 Å². The fraction of sp³-hybridized carbons (Fsp3) is 0.636. The second-order valence-electron chi connectivity index (χ2n) is 7.84. The third kappa shape index (κ3) is 5.63. The summed E-state index contributed by atoms with van der Waals surface area (Å²) in [5, 5.41) is 3.03. The molecule has 1 aromatic carbocycles. The van der Waals surface area contributed by atoms with Gasteiger partial charge in [-0.15, -0.1) is 0 Å². The molecule has 29 heavy (non-hydrogen) atoms. The van der Waals surface area contributed by atoms with Crippen LogP contribution in [-0.2, 0) is 16.1 Å². The molecular formula is C22H33N3O4. The molecule has 7 nitrogen and oxygen atoms in total. The molecule has 2 heterocycles. The van der Waals surface area contributed by atoms with Crippen LogP contribution in [0.15, 0.2) is 24.3 Å². The number of benzene rings is 1.